The second-order valence-corrected chi connectivity index (χ2v) is 7.87. The first-order chi connectivity index (χ1) is 13.4. The summed E-state index contributed by atoms with van der Waals surface area (Å²) in [5.41, 5.74) is 7.58. The van der Waals surface area contributed by atoms with E-state index in [1.807, 2.05) is 26.0 Å². The molecule has 0 saturated heterocycles. The third kappa shape index (κ3) is 3.29. The Morgan fingerprint density at radius 1 is 0.964 bits per heavy atom. The molecule has 0 bridgehead atoms. The molecule has 1 N–H and O–H groups in total. The summed E-state index contributed by atoms with van der Waals surface area (Å²) in [7, 11) is 0. The lowest BCUT2D eigenvalue weighted by Gasteiger charge is -2.14. The fraction of sp³-hybridized carbons (Fsp3) is 0.240. The zero-order chi connectivity index (χ0) is 19.8. The Kier molecular flexibility index (Phi) is 4.68. The van der Waals surface area contributed by atoms with Crippen LogP contribution in [0.15, 0.2) is 65.6 Å². The Hall–Kier alpha value is -3.07. The number of benzene rings is 2. The standard InChI is InChI=1S/C25H26N2O/c1-16(2)27-11-10-22-21(14-23-17(3)12-18(4)26-25(23)28)13-20(15-24(22)27)19-8-6-5-7-9-19/h5-13,15-16H,14H2,1-4H3,(H,26,28). The van der Waals surface area contributed by atoms with Crippen molar-refractivity contribution in [2.45, 2.75) is 40.2 Å². The van der Waals surface area contributed by atoms with Crippen LogP contribution in [0, 0.1) is 13.8 Å². The smallest absolute Gasteiger partial charge is 0.251 e. The predicted octanol–water partition coefficient (Wildman–Crippen LogP) is 5.79. The van der Waals surface area contributed by atoms with Crippen molar-refractivity contribution in [3.05, 3.63) is 93.5 Å². The average Bonchev–Trinajstić information content (AvgIpc) is 3.09. The van der Waals surface area contributed by atoms with E-state index in [9.17, 15) is 4.79 Å². The van der Waals surface area contributed by atoms with Gasteiger partial charge in [-0.2, -0.15) is 0 Å². The molecule has 0 aliphatic carbocycles. The highest BCUT2D eigenvalue weighted by Crippen LogP contribution is 2.31. The fourth-order valence-corrected chi connectivity index (χ4v) is 4.02. The Labute approximate surface area is 165 Å². The monoisotopic (exact) mass is 370 g/mol. The van der Waals surface area contributed by atoms with Crippen LogP contribution in [0.1, 0.15) is 42.3 Å². The molecule has 0 saturated carbocycles. The number of nitrogens with zero attached hydrogens (tertiary/aromatic N) is 1. The highest BCUT2D eigenvalue weighted by Gasteiger charge is 2.14. The average molecular weight is 370 g/mol. The van der Waals surface area contributed by atoms with Crippen molar-refractivity contribution in [1.29, 1.82) is 0 Å². The number of fused-ring (bicyclic) bond motifs is 1. The van der Waals surface area contributed by atoms with E-state index in [0.29, 0.717) is 12.5 Å². The molecule has 0 aliphatic heterocycles. The molecule has 4 rings (SSSR count). The topological polar surface area (TPSA) is 37.8 Å². The van der Waals surface area contributed by atoms with Gasteiger partial charge in [-0.1, -0.05) is 36.4 Å². The number of hydrogen-bond acceptors (Lipinski definition) is 1. The minimum Gasteiger partial charge on any atom is -0.345 e. The quantitative estimate of drug-likeness (QED) is 0.485. The summed E-state index contributed by atoms with van der Waals surface area (Å²) in [5, 5.41) is 1.22. The molecule has 0 atom stereocenters. The molecule has 2 heterocycles. The highest BCUT2D eigenvalue weighted by atomic mass is 16.1. The minimum absolute atomic E-state index is 0.0130. The fourth-order valence-electron chi connectivity index (χ4n) is 4.02. The van der Waals surface area contributed by atoms with E-state index in [1.165, 1.54) is 27.6 Å². The lowest BCUT2D eigenvalue weighted by molar-refractivity contribution is 0.623. The third-order valence-electron chi connectivity index (χ3n) is 5.45. The van der Waals surface area contributed by atoms with Crippen LogP contribution < -0.4 is 5.56 Å². The van der Waals surface area contributed by atoms with E-state index < -0.39 is 0 Å². The normalized spacial score (nSPS) is 11.5. The Morgan fingerprint density at radius 2 is 1.71 bits per heavy atom. The van der Waals surface area contributed by atoms with Crippen molar-refractivity contribution >= 4 is 10.9 Å². The zero-order valence-electron chi connectivity index (χ0n) is 16.9. The van der Waals surface area contributed by atoms with E-state index in [1.54, 1.807) is 0 Å². The molecule has 0 spiro atoms. The summed E-state index contributed by atoms with van der Waals surface area (Å²) < 4.78 is 2.30. The van der Waals surface area contributed by atoms with Gasteiger partial charge in [0.25, 0.3) is 5.56 Å². The summed E-state index contributed by atoms with van der Waals surface area (Å²) in [6.45, 7) is 8.34. The van der Waals surface area contributed by atoms with Gasteiger partial charge in [0, 0.05) is 40.8 Å². The van der Waals surface area contributed by atoms with E-state index in [-0.39, 0.29) is 5.56 Å². The van der Waals surface area contributed by atoms with Crippen molar-refractivity contribution in [3.8, 4) is 11.1 Å². The lowest BCUT2D eigenvalue weighted by Crippen LogP contribution is -2.16. The Bertz CT molecular complexity index is 1200. The number of hydrogen-bond donors (Lipinski definition) is 1. The molecule has 2 aromatic heterocycles. The zero-order valence-corrected chi connectivity index (χ0v) is 16.9. The number of aromatic nitrogens is 2. The molecule has 0 fully saturated rings. The van der Waals surface area contributed by atoms with E-state index in [0.717, 1.165) is 16.8 Å². The van der Waals surface area contributed by atoms with Crippen LogP contribution in [0.25, 0.3) is 22.0 Å². The molecule has 3 nitrogen and oxygen atoms in total. The largest absolute Gasteiger partial charge is 0.345 e. The summed E-state index contributed by atoms with van der Waals surface area (Å²) in [5.74, 6) is 0. The first kappa shape index (κ1) is 18.3. The number of aromatic amines is 1. The highest BCUT2D eigenvalue weighted by molar-refractivity contribution is 5.89. The number of aryl methyl sites for hydroxylation is 2. The molecular weight excluding hydrogens is 344 g/mol. The lowest BCUT2D eigenvalue weighted by atomic mass is 9.95. The number of rotatable bonds is 4. The molecular formula is C25H26N2O. The first-order valence-corrected chi connectivity index (χ1v) is 9.82. The molecule has 0 amide bonds. The molecule has 0 radical (unpaired) electrons. The molecule has 0 unspecified atom stereocenters. The maximum absolute atomic E-state index is 12.6. The molecule has 0 aliphatic rings. The van der Waals surface area contributed by atoms with Gasteiger partial charge in [0.05, 0.1) is 0 Å². The van der Waals surface area contributed by atoms with Gasteiger partial charge >= 0.3 is 0 Å². The van der Waals surface area contributed by atoms with Gasteiger partial charge in [0.15, 0.2) is 0 Å². The van der Waals surface area contributed by atoms with Crippen molar-refractivity contribution in [2.75, 3.05) is 0 Å². The number of nitrogens with one attached hydrogen (secondary N) is 1. The van der Waals surface area contributed by atoms with E-state index in [4.69, 9.17) is 0 Å². The Morgan fingerprint density at radius 3 is 2.39 bits per heavy atom. The van der Waals surface area contributed by atoms with Crippen molar-refractivity contribution in [1.82, 2.24) is 9.55 Å². The minimum atomic E-state index is 0.0130. The van der Waals surface area contributed by atoms with Gasteiger partial charge < -0.3 is 9.55 Å². The molecule has 142 valence electrons. The van der Waals surface area contributed by atoms with E-state index in [2.05, 4.69) is 72.1 Å². The Balaban J connectivity index is 1.93. The van der Waals surface area contributed by atoms with Gasteiger partial charge in [-0.25, -0.2) is 0 Å². The van der Waals surface area contributed by atoms with Crippen molar-refractivity contribution in [2.24, 2.45) is 0 Å². The van der Waals surface area contributed by atoms with Crippen LogP contribution in [0.4, 0.5) is 0 Å². The molecule has 28 heavy (non-hydrogen) atoms. The summed E-state index contributed by atoms with van der Waals surface area (Å²) >= 11 is 0. The van der Waals surface area contributed by atoms with Crippen LogP contribution in [-0.2, 0) is 6.42 Å². The predicted molar refractivity (Wildman–Crippen MR) is 117 cm³/mol. The molecule has 3 heteroatoms. The molecule has 4 aromatic rings. The molecule has 2 aromatic carbocycles. The van der Waals surface area contributed by atoms with Crippen LogP contribution >= 0.6 is 0 Å². The number of pyridine rings is 1. The van der Waals surface area contributed by atoms with Crippen LogP contribution in [-0.4, -0.2) is 9.55 Å². The van der Waals surface area contributed by atoms with Gasteiger partial charge in [-0.3, -0.25) is 4.79 Å². The number of H-pyrrole nitrogens is 1. The van der Waals surface area contributed by atoms with Gasteiger partial charge in [0.2, 0.25) is 0 Å². The van der Waals surface area contributed by atoms with Crippen LogP contribution in [0.5, 0.6) is 0 Å². The summed E-state index contributed by atoms with van der Waals surface area (Å²) in [6, 6.07) is 19.5. The van der Waals surface area contributed by atoms with Gasteiger partial charge in [0.1, 0.15) is 0 Å². The van der Waals surface area contributed by atoms with E-state index >= 15 is 0 Å². The SMILES string of the molecule is Cc1cc(C)c(Cc2cc(-c3ccccc3)cc3c2ccn3C(C)C)c(=O)[nH]1. The second kappa shape index (κ2) is 7.16. The van der Waals surface area contributed by atoms with Gasteiger partial charge in [-0.05, 0) is 68.1 Å². The van der Waals surface area contributed by atoms with Crippen LogP contribution in [0.3, 0.4) is 0 Å². The van der Waals surface area contributed by atoms with Crippen LogP contribution in [0.2, 0.25) is 0 Å². The third-order valence-corrected chi connectivity index (χ3v) is 5.45. The van der Waals surface area contributed by atoms with Gasteiger partial charge in [-0.15, -0.1) is 0 Å². The van der Waals surface area contributed by atoms with Crippen molar-refractivity contribution < 1.29 is 0 Å². The summed E-state index contributed by atoms with van der Waals surface area (Å²) in [4.78, 5) is 15.6. The second-order valence-electron chi connectivity index (χ2n) is 7.87. The summed E-state index contributed by atoms with van der Waals surface area (Å²) in [6.07, 6.45) is 2.78. The van der Waals surface area contributed by atoms with Crippen molar-refractivity contribution in [3.63, 3.8) is 0 Å². The maximum atomic E-state index is 12.6. The maximum Gasteiger partial charge on any atom is 0.251 e. The first-order valence-electron chi connectivity index (χ1n) is 9.82.